The first-order valence-electron chi connectivity index (χ1n) is 11.0. The normalized spacial score (nSPS) is 14.3. The van der Waals surface area contributed by atoms with Crippen LogP contribution in [0, 0.1) is 0 Å². The van der Waals surface area contributed by atoms with Crippen LogP contribution in [0.5, 0.6) is 0 Å². The number of carbonyl (C=O) groups is 2. The molecule has 0 saturated carbocycles. The summed E-state index contributed by atoms with van der Waals surface area (Å²) < 4.78 is 39.1. The molecular weight excluding hydrogens is 493 g/mol. The van der Waals surface area contributed by atoms with E-state index in [2.05, 4.69) is 30.2 Å². The summed E-state index contributed by atoms with van der Waals surface area (Å²) in [6, 6.07) is 5.02. The van der Waals surface area contributed by atoms with E-state index in [4.69, 9.17) is 0 Å². The van der Waals surface area contributed by atoms with Crippen LogP contribution < -0.4 is 5.32 Å². The number of nitrogens with zero attached hydrogens (tertiary/aromatic N) is 4. The molecule has 2 N–H and O–H groups in total. The maximum absolute atomic E-state index is 13.0. The van der Waals surface area contributed by atoms with E-state index < -0.39 is 11.7 Å². The van der Waals surface area contributed by atoms with Crippen molar-refractivity contribution >= 4 is 28.8 Å². The standard InChI is InChI=1S/C24H19F3N6O2S/c1-12(7-17(34)20-15-5-6-19(35)33-21(15)31-11-30-20)23-29-10-18(36-23)22-28-9-16(32-22)13-3-2-4-14(8-13)24(25,26)27/h2-4,8-12H,5-7H2,1H3,(H,28,32)(H,30,31,33,35)/t12-/m0/s1. The molecule has 1 amide bonds. The van der Waals surface area contributed by atoms with Crippen molar-refractivity contribution < 1.29 is 22.8 Å². The smallest absolute Gasteiger partial charge is 0.337 e. The van der Waals surface area contributed by atoms with Gasteiger partial charge in [-0.05, 0) is 18.6 Å². The van der Waals surface area contributed by atoms with Gasteiger partial charge in [0, 0.05) is 36.1 Å². The van der Waals surface area contributed by atoms with E-state index in [0.717, 1.165) is 12.1 Å². The second-order valence-electron chi connectivity index (χ2n) is 8.41. The summed E-state index contributed by atoms with van der Waals surface area (Å²) in [6.07, 6.45) is 0.786. The molecule has 0 saturated heterocycles. The van der Waals surface area contributed by atoms with Gasteiger partial charge in [0.2, 0.25) is 5.91 Å². The maximum Gasteiger partial charge on any atom is 0.416 e. The zero-order valence-corrected chi connectivity index (χ0v) is 19.7. The molecule has 12 heteroatoms. The lowest BCUT2D eigenvalue weighted by Gasteiger charge is -2.17. The number of ketones is 1. The fourth-order valence-corrected chi connectivity index (χ4v) is 4.89. The summed E-state index contributed by atoms with van der Waals surface area (Å²) in [6.45, 7) is 1.88. The van der Waals surface area contributed by atoms with Crippen molar-refractivity contribution in [1.29, 1.82) is 0 Å². The van der Waals surface area contributed by atoms with E-state index in [1.807, 2.05) is 6.92 Å². The Balaban J connectivity index is 1.31. The number of nitrogens with one attached hydrogen (secondary N) is 2. The van der Waals surface area contributed by atoms with Gasteiger partial charge in [-0.25, -0.2) is 19.9 Å². The van der Waals surface area contributed by atoms with Gasteiger partial charge in [-0.1, -0.05) is 19.1 Å². The van der Waals surface area contributed by atoms with Gasteiger partial charge in [-0.15, -0.1) is 11.3 Å². The van der Waals surface area contributed by atoms with Crippen molar-refractivity contribution in [1.82, 2.24) is 24.9 Å². The SMILES string of the molecule is C[C@@H](CC(=O)c1ncnc2c1CCC(=O)N2)c1ncc(-c2ncc(-c3cccc(C(F)(F)F)c3)[nH]2)s1. The monoisotopic (exact) mass is 512 g/mol. The topological polar surface area (TPSA) is 114 Å². The van der Waals surface area contributed by atoms with Crippen LogP contribution in [0.3, 0.4) is 0 Å². The van der Waals surface area contributed by atoms with Crippen molar-refractivity contribution in [2.45, 2.75) is 38.3 Å². The van der Waals surface area contributed by atoms with Gasteiger partial charge in [0.1, 0.15) is 23.7 Å². The highest BCUT2D eigenvalue weighted by Gasteiger charge is 2.30. The van der Waals surface area contributed by atoms with E-state index in [1.54, 1.807) is 12.3 Å². The van der Waals surface area contributed by atoms with E-state index in [9.17, 15) is 22.8 Å². The van der Waals surface area contributed by atoms with Gasteiger partial charge < -0.3 is 10.3 Å². The molecule has 0 bridgehead atoms. The number of hydrogen-bond donors (Lipinski definition) is 2. The molecule has 8 nitrogen and oxygen atoms in total. The number of amides is 1. The summed E-state index contributed by atoms with van der Waals surface area (Å²) >= 11 is 1.35. The Morgan fingerprint density at radius 1 is 1.14 bits per heavy atom. The molecular formula is C24H19F3N6O2S. The first-order valence-corrected chi connectivity index (χ1v) is 11.9. The van der Waals surface area contributed by atoms with Gasteiger partial charge in [0.15, 0.2) is 5.78 Å². The Bertz CT molecular complexity index is 1460. The highest BCUT2D eigenvalue weighted by Crippen LogP contribution is 2.34. The van der Waals surface area contributed by atoms with Crippen LogP contribution in [-0.2, 0) is 17.4 Å². The molecule has 4 heterocycles. The second kappa shape index (κ2) is 9.26. The summed E-state index contributed by atoms with van der Waals surface area (Å²) in [4.78, 5) is 45.3. The molecule has 1 aromatic carbocycles. The average molecular weight is 513 g/mol. The zero-order chi connectivity index (χ0) is 25.4. The molecule has 0 spiro atoms. The number of thiazole rings is 1. The van der Waals surface area contributed by atoms with Crippen molar-refractivity contribution in [3.05, 3.63) is 64.8 Å². The Labute approximate surface area is 207 Å². The molecule has 1 aliphatic heterocycles. The molecule has 0 radical (unpaired) electrons. The predicted octanol–water partition coefficient (Wildman–Crippen LogP) is 5.27. The Hall–Kier alpha value is -3.93. The minimum atomic E-state index is -4.43. The lowest BCUT2D eigenvalue weighted by Crippen LogP contribution is -2.23. The Morgan fingerprint density at radius 3 is 2.78 bits per heavy atom. The molecule has 1 atom stereocenters. The van der Waals surface area contributed by atoms with E-state index in [1.165, 1.54) is 29.9 Å². The van der Waals surface area contributed by atoms with Crippen LogP contribution in [0.2, 0.25) is 0 Å². The van der Waals surface area contributed by atoms with Gasteiger partial charge in [-0.3, -0.25) is 9.59 Å². The third-order valence-electron chi connectivity index (χ3n) is 5.82. The molecule has 5 rings (SSSR count). The lowest BCUT2D eigenvalue weighted by molar-refractivity contribution is -0.137. The quantitative estimate of drug-likeness (QED) is 0.340. The second-order valence-corrected chi connectivity index (χ2v) is 9.47. The van der Waals surface area contributed by atoms with E-state index >= 15 is 0 Å². The highest BCUT2D eigenvalue weighted by molar-refractivity contribution is 7.15. The van der Waals surface area contributed by atoms with Gasteiger partial charge >= 0.3 is 6.18 Å². The van der Waals surface area contributed by atoms with Gasteiger partial charge in [-0.2, -0.15) is 13.2 Å². The van der Waals surface area contributed by atoms with Gasteiger partial charge in [0.05, 0.1) is 27.3 Å². The van der Waals surface area contributed by atoms with Crippen molar-refractivity contribution in [3.63, 3.8) is 0 Å². The number of benzene rings is 1. The fraction of sp³-hybridized carbons (Fsp3) is 0.250. The number of aromatic nitrogens is 5. The summed E-state index contributed by atoms with van der Waals surface area (Å²) in [5.74, 6) is 0.336. The molecule has 0 unspecified atom stereocenters. The minimum absolute atomic E-state index is 0.141. The third-order valence-corrected chi connectivity index (χ3v) is 7.05. The number of hydrogen-bond acceptors (Lipinski definition) is 7. The molecule has 0 aliphatic carbocycles. The number of fused-ring (bicyclic) bond motifs is 1. The molecule has 184 valence electrons. The fourth-order valence-electron chi connectivity index (χ4n) is 3.97. The van der Waals surface area contributed by atoms with Crippen molar-refractivity contribution in [2.75, 3.05) is 5.32 Å². The molecule has 0 fully saturated rings. The predicted molar refractivity (Wildman–Crippen MR) is 126 cm³/mol. The Kier molecular flexibility index (Phi) is 6.12. The minimum Gasteiger partial charge on any atom is -0.337 e. The first-order chi connectivity index (χ1) is 17.2. The van der Waals surface area contributed by atoms with Crippen LogP contribution in [-0.4, -0.2) is 36.6 Å². The van der Waals surface area contributed by atoms with Gasteiger partial charge in [0.25, 0.3) is 0 Å². The number of halogens is 3. The zero-order valence-electron chi connectivity index (χ0n) is 18.9. The largest absolute Gasteiger partial charge is 0.416 e. The summed E-state index contributed by atoms with van der Waals surface area (Å²) in [5.41, 5.74) is 1.04. The molecule has 4 aromatic rings. The highest BCUT2D eigenvalue weighted by atomic mass is 32.1. The third kappa shape index (κ3) is 4.76. The number of H-pyrrole nitrogens is 1. The molecule has 36 heavy (non-hydrogen) atoms. The van der Waals surface area contributed by atoms with Crippen LogP contribution in [0.1, 0.15) is 52.3 Å². The summed E-state index contributed by atoms with van der Waals surface area (Å²) in [5, 5.41) is 3.38. The van der Waals surface area contributed by atoms with Crippen LogP contribution >= 0.6 is 11.3 Å². The van der Waals surface area contributed by atoms with Crippen LogP contribution in [0.4, 0.5) is 19.0 Å². The van der Waals surface area contributed by atoms with Crippen LogP contribution in [0.25, 0.3) is 22.0 Å². The number of rotatable bonds is 6. The number of carbonyl (C=O) groups excluding carboxylic acids is 2. The lowest BCUT2D eigenvalue weighted by atomic mass is 9.97. The maximum atomic E-state index is 13.0. The number of alkyl halides is 3. The molecule has 1 aliphatic rings. The number of anilines is 1. The van der Waals surface area contributed by atoms with Crippen LogP contribution in [0.15, 0.2) is 43.0 Å². The number of Topliss-reactive ketones (excluding diaryl/α,β-unsaturated/α-hetero) is 1. The summed E-state index contributed by atoms with van der Waals surface area (Å²) in [7, 11) is 0. The van der Waals surface area contributed by atoms with Crippen molar-refractivity contribution in [3.8, 4) is 22.0 Å². The molecule has 3 aromatic heterocycles. The average Bonchev–Trinajstić information content (AvgIpc) is 3.53. The van der Waals surface area contributed by atoms with E-state index in [-0.39, 0.29) is 30.4 Å². The first kappa shape index (κ1) is 23.8. The Morgan fingerprint density at radius 2 is 1.97 bits per heavy atom. The number of aromatic amines is 1. The number of imidazole rings is 1. The van der Waals surface area contributed by atoms with E-state index in [0.29, 0.717) is 50.5 Å². The van der Waals surface area contributed by atoms with Crippen molar-refractivity contribution in [2.24, 2.45) is 0 Å².